The minimum Gasteiger partial charge on any atom is -0.481 e. The summed E-state index contributed by atoms with van der Waals surface area (Å²) in [6.07, 6.45) is 0.388. The Kier molecular flexibility index (Phi) is 6.63. The Morgan fingerprint density at radius 2 is 1.71 bits per heavy atom. The molecule has 0 saturated heterocycles. The Morgan fingerprint density at radius 3 is 2.42 bits per heavy atom. The topological polar surface area (TPSA) is 102 Å². The van der Waals surface area contributed by atoms with Crippen molar-refractivity contribution in [2.75, 3.05) is 11.9 Å². The number of aryl methyl sites for hydroxylation is 1. The van der Waals surface area contributed by atoms with E-state index in [0.717, 1.165) is 28.3 Å². The van der Waals surface area contributed by atoms with Crippen LogP contribution in [0.2, 0.25) is 0 Å². The smallest absolute Gasteiger partial charge is 0.330 e. The summed E-state index contributed by atoms with van der Waals surface area (Å²) in [6.45, 7) is 6.96. The molecule has 6 rings (SSSR count). The molecule has 7 heteroatoms. The molecule has 5 atom stereocenters. The zero-order valence-corrected chi connectivity index (χ0v) is 21.2. The van der Waals surface area contributed by atoms with Crippen molar-refractivity contribution in [3.05, 3.63) is 113 Å². The van der Waals surface area contributed by atoms with Crippen molar-refractivity contribution in [3.8, 4) is 0 Å². The molecule has 0 fully saturated rings. The second-order valence-electron chi connectivity index (χ2n) is 9.85. The number of nitrogens with one attached hydrogen (secondary N) is 1. The lowest BCUT2D eigenvalue weighted by atomic mass is 9.51. The van der Waals surface area contributed by atoms with Gasteiger partial charge in [0.05, 0.1) is 12.5 Å². The average molecular weight is 512 g/mol. The summed E-state index contributed by atoms with van der Waals surface area (Å²) in [7, 11) is 0. The van der Waals surface area contributed by atoms with Crippen LogP contribution in [0.25, 0.3) is 0 Å². The number of carboxylic acid groups (broad SMARTS) is 1. The van der Waals surface area contributed by atoms with Crippen LogP contribution >= 0.6 is 0 Å². The number of hydrogen-bond donors (Lipinski definition) is 2. The summed E-state index contributed by atoms with van der Waals surface area (Å²) in [5, 5.41) is 13.7. The second kappa shape index (κ2) is 9.91. The van der Waals surface area contributed by atoms with Crippen LogP contribution in [0.3, 0.4) is 0 Å². The van der Waals surface area contributed by atoms with Crippen molar-refractivity contribution in [3.63, 3.8) is 0 Å². The van der Waals surface area contributed by atoms with Crippen LogP contribution in [-0.4, -0.2) is 35.7 Å². The molecule has 2 bridgehead atoms. The van der Waals surface area contributed by atoms with E-state index in [-0.39, 0.29) is 6.61 Å². The molecule has 0 saturated carbocycles. The van der Waals surface area contributed by atoms with Crippen molar-refractivity contribution in [2.45, 2.75) is 31.5 Å². The summed E-state index contributed by atoms with van der Waals surface area (Å²) in [6, 6.07) is 22.4. The second-order valence-corrected chi connectivity index (χ2v) is 9.85. The molecule has 0 radical (unpaired) electrons. The lowest BCUT2D eigenvalue weighted by Gasteiger charge is -2.55. The number of ether oxygens (including phenoxy) is 2. The molecule has 38 heavy (non-hydrogen) atoms. The number of carbonyl (C=O) groups is 3. The largest absolute Gasteiger partial charge is 0.481 e. The van der Waals surface area contributed by atoms with Crippen molar-refractivity contribution in [1.29, 1.82) is 0 Å². The van der Waals surface area contributed by atoms with Gasteiger partial charge in [0, 0.05) is 17.7 Å². The van der Waals surface area contributed by atoms with Gasteiger partial charge in [0.25, 0.3) is 0 Å². The predicted octanol–water partition coefficient (Wildman–Crippen LogP) is 4.79. The van der Waals surface area contributed by atoms with E-state index in [1.807, 2.05) is 55.5 Å². The van der Waals surface area contributed by atoms with E-state index < -0.39 is 47.3 Å². The fraction of sp³-hybridized carbons (Fsp3) is 0.258. The van der Waals surface area contributed by atoms with Crippen LogP contribution in [0, 0.1) is 18.8 Å². The number of anilines is 1. The molecule has 0 aromatic heterocycles. The van der Waals surface area contributed by atoms with Crippen LogP contribution in [-0.2, 0) is 29.5 Å². The molecule has 3 aromatic rings. The van der Waals surface area contributed by atoms with Gasteiger partial charge in [-0.25, -0.2) is 4.79 Å². The Bertz CT molecular complexity index is 1420. The van der Waals surface area contributed by atoms with Crippen molar-refractivity contribution in [2.24, 2.45) is 11.8 Å². The molecule has 5 unspecified atom stereocenters. The van der Waals surface area contributed by atoms with E-state index in [1.54, 1.807) is 31.2 Å². The Labute approximate surface area is 221 Å². The third kappa shape index (κ3) is 4.09. The minimum atomic E-state index is -1.48. The van der Waals surface area contributed by atoms with Crippen LogP contribution in [0.1, 0.15) is 40.7 Å². The molecule has 3 aromatic carbocycles. The van der Waals surface area contributed by atoms with Gasteiger partial charge in [-0.1, -0.05) is 72.8 Å². The number of rotatable bonds is 8. The van der Waals surface area contributed by atoms with Gasteiger partial charge in [-0.2, -0.15) is 0 Å². The van der Waals surface area contributed by atoms with Gasteiger partial charge in [-0.3, -0.25) is 9.59 Å². The first-order chi connectivity index (χ1) is 18.3. The van der Waals surface area contributed by atoms with E-state index in [4.69, 9.17) is 9.47 Å². The molecular formula is C31H29NO6. The van der Waals surface area contributed by atoms with Gasteiger partial charge in [0.1, 0.15) is 17.6 Å². The number of amides is 1. The van der Waals surface area contributed by atoms with Crippen molar-refractivity contribution >= 4 is 23.5 Å². The number of carbonyl (C=O) groups excluding carboxylic acids is 2. The molecule has 194 valence electrons. The number of esters is 1. The highest BCUT2D eigenvalue weighted by molar-refractivity contribution is 5.98. The lowest BCUT2D eigenvalue weighted by Crippen LogP contribution is -2.59. The van der Waals surface area contributed by atoms with Crippen LogP contribution in [0.15, 0.2) is 85.5 Å². The highest BCUT2D eigenvalue weighted by Crippen LogP contribution is 2.62. The first kappa shape index (κ1) is 25.4. The van der Waals surface area contributed by atoms with E-state index in [0.29, 0.717) is 11.3 Å². The third-order valence-corrected chi connectivity index (χ3v) is 7.44. The van der Waals surface area contributed by atoms with E-state index >= 15 is 0 Å². The maximum Gasteiger partial charge on any atom is 0.330 e. The van der Waals surface area contributed by atoms with Gasteiger partial charge in [-0.05, 0) is 48.2 Å². The van der Waals surface area contributed by atoms with E-state index in [9.17, 15) is 19.5 Å². The minimum absolute atomic E-state index is 0.0806. The highest BCUT2D eigenvalue weighted by Gasteiger charge is 2.64. The fourth-order valence-corrected chi connectivity index (χ4v) is 6.00. The summed E-state index contributed by atoms with van der Waals surface area (Å²) < 4.78 is 11.9. The fourth-order valence-electron chi connectivity index (χ4n) is 6.00. The molecule has 3 aliphatic rings. The first-order valence-electron chi connectivity index (χ1n) is 12.5. The van der Waals surface area contributed by atoms with Gasteiger partial charge in [0.2, 0.25) is 5.91 Å². The predicted molar refractivity (Wildman–Crippen MR) is 142 cm³/mol. The summed E-state index contributed by atoms with van der Waals surface area (Å²) >= 11 is 0. The zero-order chi connectivity index (χ0) is 27.0. The molecule has 0 spiro atoms. The molecule has 3 aliphatic carbocycles. The molecule has 7 nitrogen and oxygen atoms in total. The summed E-state index contributed by atoms with van der Waals surface area (Å²) in [4.78, 5) is 38.9. The third-order valence-electron chi connectivity index (χ3n) is 7.44. The van der Waals surface area contributed by atoms with Crippen LogP contribution in [0.5, 0.6) is 0 Å². The van der Waals surface area contributed by atoms with E-state index in [1.165, 1.54) is 0 Å². The SMILES string of the molecule is C=CC(=O)OC(C)COC12c3ccccc3C(c3ccc(C)cc31)C(C(=O)Nc1ccccc1)C2C(=O)O. The maximum atomic E-state index is 13.9. The molecule has 2 N–H and O–H groups in total. The van der Waals surface area contributed by atoms with Crippen LogP contribution < -0.4 is 5.32 Å². The molecule has 0 heterocycles. The number of benzene rings is 3. The van der Waals surface area contributed by atoms with Crippen molar-refractivity contribution < 1.29 is 29.0 Å². The maximum absolute atomic E-state index is 13.9. The van der Waals surface area contributed by atoms with Gasteiger partial charge in [0.15, 0.2) is 0 Å². The normalized spacial score (nSPS) is 23.5. The Balaban J connectivity index is 1.69. The average Bonchev–Trinajstić information content (AvgIpc) is 2.91. The summed E-state index contributed by atoms with van der Waals surface area (Å²) in [5.74, 6) is -4.80. The van der Waals surface area contributed by atoms with Crippen LogP contribution in [0.4, 0.5) is 5.69 Å². The van der Waals surface area contributed by atoms with Crippen molar-refractivity contribution in [1.82, 2.24) is 0 Å². The monoisotopic (exact) mass is 511 g/mol. The van der Waals surface area contributed by atoms with Gasteiger partial charge < -0.3 is 19.9 Å². The number of fused-ring (bicyclic) bond motifs is 1. The Morgan fingerprint density at radius 1 is 1.03 bits per heavy atom. The first-order valence-corrected chi connectivity index (χ1v) is 12.5. The standard InChI is InChI=1S/C31H29NO6/c1-4-25(33)38-19(3)17-37-31-23-13-9-8-12-21(23)26(22-15-14-18(2)16-24(22)31)27(28(31)30(35)36)29(34)32-20-10-6-5-7-11-20/h4-16,19,26-28H,1,17H2,2-3H3,(H,32,34)(H,35,36). The molecular weight excluding hydrogens is 482 g/mol. The number of carboxylic acids is 1. The lowest BCUT2D eigenvalue weighted by molar-refractivity contribution is -0.175. The summed E-state index contributed by atoms with van der Waals surface area (Å²) in [5.41, 5.74) is 3.19. The number of aliphatic carboxylic acids is 1. The molecule has 0 aliphatic heterocycles. The zero-order valence-electron chi connectivity index (χ0n) is 21.2. The molecule has 1 amide bonds. The number of para-hydroxylation sites is 1. The highest BCUT2D eigenvalue weighted by atomic mass is 16.6. The Hall–Kier alpha value is -4.23. The quantitative estimate of drug-likeness (QED) is 0.333. The van der Waals surface area contributed by atoms with Gasteiger partial charge >= 0.3 is 11.9 Å². The number of hydrogen-bond acceptors (Lipinski definition) is 5. The van der Waals surface area contributed by atoms with Gasteiger partial charge in [-0.15, -0.1) is 0 Å². The van der Waals surface area contributed by atoms with E-state index in [2.05, 4.69) is 11.9 Å².